The molecule has 2 rings (SSSR count). The molecule has 0 aliphatic heterocycles. The van der Waals surface area contributed by atoms with Crippen molar-refractivity contribution in [2.24, 2.45) is 0 Å². The van der Waals surface area contributed by atoms with Gasteiger partial charge in [-0.1, -0.05) is 23.7 Å². The number of carbonyl (C=O) groups excluding carboxylic acids is 1. The number of anilines is 2. The lowest BCUT2D eigenvalue weighted by Gasteiger charge is -2.10. The Kier molecular flexibility index (Phi) is 4.12. The quantitative estimate of drug-likeness (QED) is 0.804. The number of nitrogens with two attached hydrogens (primary N) is 1. The first kappa shape index (κ1) is 13.9. The van der Waals surface area contributed by atoms with E-state index in [0.29, 0.717) is 22.0 Å². The molecule has 0 unspecified atom stereocenters. The molecule has 19 heavy (non-hydrogen) atoms. The average molecular weight is 340 g/mol. The van der Waals surface area contributed by atoms with Gasteiger partial charge in [0.05, 0.1) is 16.9 Å². The van der Waals surface area contributed by atoms with Crippen LogP contribution < -0.4 is 11.1 Å². The van der Waals surface area contributed by atoms with Crippen LogP contribution in [0.25, 0.3) is 0 Å². The maximum Gasteiger partial charge on any atom is 0.256 e. The monoisotopic (exact) mass is 338 g/mol. The van der Waals surface area contributed by atoms with E-state index in [1.807, 2.05) is 19.1 Å². The third kappa shape index (κ3) is 3.08. The topological polar surface area (TPSA) is 55.1 Å². The zero-order valence-electron chi connectivity index (χ0n) is 10.2. The van der Waals surface area contributed by atoms with Crippen LogP contribution in [-0.4, -0.2) is 5.91 Å². The van der Waals surface area contributed by atoms with Crippen LogP contribution in [0.4, 0.5) is 11.4 Å². The highest BCUT2D eigenvalue weighted by Crippen LogP contribution is 2.26. The van der Waals surface area contributed by atoms with Gasteiger partial charge in [0.2, 0.25) is 0 Å². The van der Waals surface area contributed by atoms with Gasteiger partial charge in [0, 0.05) is 9.50 Å². The van der Waals surface area contributed by atoms with Crippen LogP contribution in [0.3, 0.4) is 0 Å². The molecule has 5 heteroatoms. The highest BCUT2D eigenvalue weighted by Gasteiger charge is 2.12. The summed E-state index contributed by atoms with van der Waals surface area (Å²) in [5.41, 5.74) is 8.33. The molecule has 0 aliphatic rings. The van der Waals surface area contributed by atoms with Gasteiger partial charge in [-0.15, -0.1) is 0 Å². The Balaban J connectivity index is 2.31. The van der Waals surface area contributed by atoms with Crippen molar-refractivity contribution in [3.8, 4) is 0 Å². The SMILES string of the molecule is Cc1cccc(C(=O)Nc2cc(Cl)ccc2N)c1Br. The number of amides is 1. The summed E-state index contributed by atoms with van der Waals surface area (Å²) in [6.07, 6.45) is 0. The van der Waals surface area contributed by atoms with Crippen molar-refractivity contribution in [3.63, 3.8) is 0 Å². The fourth-order valence-corrected chi connectivity index (χ4v) is 2.27. The van der Waals surface area contributed by atoms with Crippen LogP contribution >= 0.6 is 27.5 Å². The second-order valence-electron chi connectivity index (χ2n) is 4.12. The smallest absolute Gasteiger partial charge is 0.256 e. The predicted octanol–water partition coefficient (Wildman–Crippen LogP) is 4.25. The fourth-order valence-electron chi connectivity index (χ4n) is 1.65. The van der Waals surface area contributed by atoms with Gasteiger partial charge in [0.15, 0.2) is 0 Å². The summed E-state index contributed by atoms with van der Waals surface area (Å²) < 4.78 is 0.771. The standard InChI is InChI=1S/C14H12BrClN2O/c1-8-3-2-4-10(13(8)15)14(19)18-12-7-9(16)5-6-11(12)17/h2-7H,17H2,1H3,(H,18,19). The first-order valence-electron chi connectivity index (χ1n) is 5.60. The largest absolute Gasteiger partial charge is 0.397 e. The van der Waals surface area contributed by atoms with Crippen LogP contribution in [0.1, 0.15) is 15.9 Å². The van der Waals surface area contributed by atoms with E-state index in [4.69, 9.17) is 17.3 Å². The van der Waals surface area contributed by atoms with Crippen molar-refractivity contribution in [2.45, 2.75) is 6.92 Å². The molecule has 0 saturated heterocycles. The maximum absolute atomic E-state index is 12.2. The van der Waals surface area contributed by atoms with Crippen molar-refractivity contribution in [1.82, 2.24) is 0 Å². The summed E-state index contributed by atoms with van der Waals surface area (Å²) in [5, 5.41) is 3.28. The van der Waals surface area contributed by atoms with Crippen molar-refractivity contribution in [3.05, 3.63) is 57.0 Å². The van der Waals surface area contributed by atoms with E-state index in [0.717, 1.165) is 10.0 Å². The number of carbonyl (C=O) groups is 1. The summed E-state index contributed by atoms with van der Waals surface area (Å²) >= 11 is 9.30. The number of hydrogen-bond acceptors (Lipinski definition) is 2. The zero-order chi connectivity index (χ0) is 14.0. The normalized spacial score (nSPS) is 10.3. The summed E-state index contributed by atoms with van der Waals surface area (Å²) in [6, 6.07) is 10.5. The molecule has 0 saturated carbocycles. The van der Waals surface area contributed by atoms with Gasteiger partial charge in [0.25, 0.3) is 5.91 Å². The molecule has 0 aliphatic carbocycles. The van der Waals surface area contributed by atoms with Crippen LogP contribution in [-0.2, 0) is 0 Å². The van der Waals surface area contributed by atoms with E-state index in [1.165, 1.54) is 0 Å². The van der Waals surface area contributed by atoms with Crippen LogP contribution in [0.15, 0.2) is 40.9 Å². The summed E-state index contributed by atoms with van der Waals surface area (Å²) in [5.74, 6) is -0.232. The number of aryl methyl sites for hydroxylation is 1. The highest BCUT2D eigenvalue weighted by atomic mass is 79.9. The molecular formula is C14H12BrClN2O. The highest BCUT2D eigenvalue weighted by molar-refractivity contribution is 9.10. The Morgan fingerprint density at radius 1 is 1.32 bits per heavy atom. The minimum Gasteiger partial charge on any atom is -0.397 e. The third-order valence-electron chi connectivity index (χ3n) is 2.70. The Morgan fingerprint density at radius 3 is 2.79 bits per heavy atom. The molecule has 1 amide bonds. The Labute approximate surface area is 124 Å². The number of nitrogen functional groups attached to an aromatic ring is 1. The fraction of sp³-hybridized carbons (Fsp3) is 0.0714. The molecule has 0 fully saturated rings. The summed E-state index contributed by atoms with van der Waals surface area (Å²) in [6.45, 7) is 1.93. The molecule has 2 aromatic rings. The van der Waals surface area contributed by atoms with E-state index in [1.54, 1.807) is 24.3 Å². The van der Waals surface area contributed by atoms with E-state index in [9.17, 15) is 4.79 Å². The van der Waals surface area contributed by atoms with Crippen LogP contribution in [0.2, 0.25) is 5.02 Å². The lowest BCUT2D eigenvalue weighted by molar-refractivity contribution is 0.102. The molecule has 0 aromatic heterocycles. The van der Waals surface area contributed by atoms with E-state index < -0.39 is 0 Å². The molecule has 3 N–H and O–H groups in total. The van der Waals surface area contributed by atoms with E-state index >= 15 is 0 Å². The Hall–Kier alpha value is -1.52. The van der Waals surface area contributed by atoms with Crippen molar-refractivity contribution < 1.29 is 4.79 Å². The number of halogens is 2. The Bertz CT molecular complexity index is 643. The van der Waals surface area contributed by atoms with Crippen LogP contribution in [0.5, 0.6) is 0 Å². The van der Waals surface area contributed by atoms with Gasteiger partial charge in [-0.3, -0.25) is 4.79 Å². The van der Waals surface area contributed by atoms with Crippen molar-refractivity contribution >= 4 is 44.8 Å². The minimum absolute atomic E-state index is 0.232. The lowest BCUT2D eigenvalue weighted by atomic mass is 10.1. The van der Waals surface area contributed by atoms with Gasteiger partial charge in [-0.2, -0.15) is 0 Å². The molecule has 0 bridgehead atoms. The lowest BCUT2D eigenvalue weighted by Crippen LogP contribution is -2.14. The van der Waals surface area contributed by atoms with E-state index in [2.05, 4.69) is 21.2 Å². The summed E-state index contributed by atoms with van der Waals surface area (Å²) in [7, 11) is 0. The van der Waals surface area contributed by atoms with Gasteiger partial charge in [-0.25, -0.2) is 0 Å². The van der Waals surface area contributed by atoms with Gasteiger partial charge < -0.3 is 11.1 Å². The van der Waals surface area contributed by atoms with E-state index in [-0.39, 0.29) is 5.91 Å². The molecule has 98 valence electrons. The minimum atomic E-state index is -0.232. The number of benzene rings is 2. The molecular weight excluding hydrogens is 328 g/mol. The van der Waals surface area contributed by atoms with Crippen molar-refractivity contribution in [1.29, 1.82) is 0 Å². The van der Waals surface area contributed by atoms with Crippen LogP contribution in [0, 0.1) is 6.92 Å². The second-order valence-corrected chi connectivity index (χ2v) is 5.35. The molecule has 2 aromatic carbocycles. The molecule has 0 atom stereocenters. The molecule has 0 radical (unpaired) electrons. The molecule has 3 nitrogen and oxygen atoms in total. The number of rotatable bonds is 2. The van der Waals surface area contributed by atoms with Gasteiger partial charge in [-0.05, 0) is 52.7 Å². The number of hydrogen-bond donors (Lipinski definition) is 2. The zero-order valence-corrected chi connectivity index (χ0v) is 12.5. The predicted molar refractivity (Wildman–Crippen MR) is 82.7 cm³/mol. The maximum atomic E-state index is 12.2. The Morgan fingerprint density at radius 2 is 2.05 bits per heavy atom. The number of nitrogens with one attached hydrogen (secondary N) is 1. The van der Waals surface area contributed by atoms with Crippen molar-refractivity contribution in [2.75, 3.05) is 11.1 Å². The first-order valence-corrected chi connectivity index (χ1v) is 6.77. The first-order chi connectivity index (χ1) is 8.99. The second kappa shape index (κ2) is 5.63. The molecule has 0 heterocycles. The summed E-state index contributed by atoms with van der Waals surface area (Å²) in [4.78, 5) is 12.2. The molecule has 0 spiro atoms. The average Bonchev–Trinajstić information content (AvgIpc) is 2.37. The van der Waals surface area contributed by atoms with Gasteiger partial charge in [0.1, 0.15) is 0 Å². The van der Waals surface area contributed by atoms with Gasteiger partial charge >= 0.3 is 0 Å². The third-order valence-corrected chi connectivity index (χ3v) is 3.99.